The second-order valence-corrected chi connectivity index (χ2v) is 8.30. The van der Waals surface area contributed by atoms with Crippen LogP contribution in [0.1, 0.15) is 59.9 Å². The molecule has 0 spiro atoms. The van der Waals surface area contributed by atoms with Gasteiger partial charge in [0.1, 0.15) is 16.7 Å². The summed E-state index contributed by atoms with van der Waals surface area (Å²) in [7, 11) is 0. The molecule has 0 nitrogen and oxygen atoms in total. The summed E-state index contributed by atoms with van der Waals surface area (Å²) in [6.07, 6.45) is 12.0. The second-order valence-electron chi connectivity index (χ2n) is 7.92. The van der Waals surface area contributed by atoms with Gasteiger partial charge in [-0.1, -0.05) is 42.8 Å². The van der Waals surface area contributed by atoms with Gasteiger partial charge >= 0.3 is 0 Å². The molecule has 2 aliphatic carbocycles. The van der Waals surface area contributed by atoms with Crippen molar-refractivity contribution >= 4 is 11.6 Å². The molecule has 2 aromatic carbocycles. The molecule has 2 unspecified atom stereocenters. The standard InChI is InChI=1S/C24H25ClF2/c1-2-3-4-15-5-9-20-17(11-15)6-7-18-12-16(8-10-21(18)20)19-13-22(26)24(25)23(27)14-19/h3-4,6-7,13-16H,2,5,8-12H2,1H3/b4-3+. The highest BCUT2D eigenvalue weighted by atomic mass is 35.5. The Labute approximate surface area is 165 Å². The minimum atomic E-state index is -0.658. The topological polar surface area (TPSA) is 0 Å². The van der Waals surface area contributed by atoms with Crippen molar-refractivity contribution in [2.24, 2.45) is 5.92 Å². The van der Waals surface area contributed by atoms with Crippen LogP contribution in [0, 0.1) is 17.6 Å². The number of allylic oxidation sites excluding steroid dienone is 2. The van der Waals surface area contributed by atoms with E-state index in [0.717, 1.165) is 44.1 Å². The van der Waals surface area contributed by atoms with Crippen LogP contribution in [0.5, 0.6) is 0 Å². The maximum absolute atomic E-state index is 13.9. The Morgan fingerprint density at radius 1 is 1.00 bits per heavy atom. The first-order chi connectivity index (χ1) is 13.1. The van der Waals surface area contributed by atoms with E-state index in [0.29, 0.717) is 5.92 Å². The van der Waals surface area contributed by atoms with E-state index >= 15 is 0 Å². The van der Waals surface area contributed by atoms with Crippen molar-refractivity contribution in [1.29, 1.82) is 0 Å². The van der Waals surface area contributed by atoms with Gasteiger partial charge in [0.05, 0.1) is 0 Å². The molecule has 0 bridgehead atoms. The molecule has 4 rings (SSSR count). The van der Waals surface area contributed by atoms with Gasteiger partial charge in [-0.15, -0.1) is 0 Å². The van der Waals surface area contributed by atoms with Crippen LogP contribution in [0.3, 0.4) is 0 Å². The Kier molecular flexibility index (Phi) is 5.36. The van der Waals surface area contributed by atoms with Gasteiger partial charge in [-0.3, -0.25) is 0 Å². The summed E-state index contributed by atoms with van der Waals surface area (Å²) in [5.41, 5.74) is 6.61. The van der Waals surface area contributed by atoms with E-state index in [9.17, 15) is 8.78 Å². The first-order valence-electron chi connectivity index (χ1n) is 10.0. The number of halogens is 3. The van der Waals surface area contributed by atoms with Gasteiger partial charge in [-0.25, -0.2) is 8.78 Å². The highest BCUT2D eigenvalue weighted by molar-refractivity contribution is 6.30. The molecule has 0 heterocycles. The van der Waals surface area contributed by atoms with Gasteiger partial charge in [0.2, 0.25) is 0 Å². The number of hydrogen-bond acceptors (Lipinski definition) is 0. The fourth-order valence-electron chi connectivity index (χ4n) is 4.78. The van der Waals surface area contributed by atoms with Crippen LogP contribution >= 0.6 is 11.6 Å². The summed E-state index contributed by atoms with van der Waals surface area (Å²) >= 11 is 5.64. The zero-order valence-electron chi connectivity index (χ0n) is 15.7. The van der Waals surface area contributed by atoms with Crippen molar-refractivity contribution in [3.05, 3.63) is 80.9 Å². The highest BCUT2D eigenvalue weighted by Crippen LogP contribution is 2.39. The van der Waals surface area contributed by atoms with E-state index in [4.69, 9.17) is 11.6 Å². The quantitative estimate of drug-likeness (QED) is 0.395. The van der Waals surface area contributed by atoms with Gasteiger partial charge in [-0.2, -0.15) is 0 Å². The monoisotopic (exact) mass is 386 g/mol. The van der Waals surface area contributed by atoms with Crippen molar-refractivity contribution in [1.82, 2.24) is 0 Å². The fourth-order valence-corrected chi connectivity index (χ4v) is 4.89. The summed E-state index contributed by atoms with van der Waals surface area (Å²) in [5.74, 6) is -0.504. The summed E-state index contributed by atoms with van der Waals surface area (Å²) in [6, 6.07) is 7.34. The van der Waals surface area contributed by atoms with E-state index in [2.05, 4.69) is 31.2 Å². The summed E-state index contributed by atoms with van der Waals surface area (Å²) < 4.78 is 27.7. The van der Waals surface area contributed by atoms with Gasteiger partial charge in [-0.05, 0) is 96.7 Å². The minimum absolute atomic E-state index is 0.153. The van der Waals surface area contributed by atoms with Gasteiger partial charge in [0.15, 0.2) is 0 Å². The van der Waals surface area contributed by atoms with Crippen molar-refractivity contribution < 1.29 is 8.78 Å². The summed E-state index contributed by atoms with van der Waals surface area (Å²) in [4.78, 5) is 0. The smallest absolute Gasteiger partial charge is 0.145 e. The number of hydrogen-bond donors (Lipinski definition) is 0. The average molecular weight is 387 g/mol. The van der Waals surface area contributed by atoms with Crippen LogP contribution < -0.4 is 0 Å². The third-order valence-electron chi connectivity index (χ3n) is 6.20. The summed E-state index contributed by atoms with van der Waals surface area (Å²) in [5, 5.41) is -0.407. The van der Waals surface area contributed by atoms with Crippen molar-refractivity contribution in [2.45, 2.75) is 57.8 Å². The number of benzene rings is 2. The molecule has 0 aliphatic heterocycles. The molecular formula is C24H25ClF2. The lowest BCUT2D eigenvalue weighted by Crippen LogP contribution is -2.20. The predicted octanol–water partition coefficient (Wildman–Crippen LogP) is 6.96. The lowest BCUT2D eigenvalue weighted by Gasteiger charge is -2.31. The van der Waals surface area contributed by atoms with Crippen LogP contribution in [-0.2, 0) is 25.7 Å². The normalized spacial score (nSPS) is 21.9. The molecule has 142 valence electrons. The third kappa shape index (κ3) is 3.69. The molecule has 0 aromatic heterocycles. The molecule has 0 saturated heterocycles. The lowest BCUT2D eigenvalue weighted by atomic mass is 9.74. The van der Waals surface area contributed by atoms with Crippen molar-refractivity contribution in [3.8, 4) is 0 Å². The molecular weight excluding hydrogens is 362 g/mol. The minimum Gasteiger partial charge on any atom is -0.205 e. The zero-order chi connectivity index (χ0) is 19.0. The third-order valence-corrected chi connectivity index (χ3v) is 6.56. The zero-order valence-corrected chi connectivity index (χ0v) is 16.5. The fraction of sp³-hybridized carbons (Fsp3) is 0.417. The van der Waals surface area contributed by atoms with E-state index < -0.39 is 16.7 Å². The maximum atomic E-state index is 13.9. The average Bonchev–Trinajstić information content (AvgIpc) is 2.69. The van der Waals surface area contributed by atoms with E-state index in [1.807, 2.05) is 0 Å². The molecule has 3 heteroatoms. The van der Waals surface area contributed by atoms with Gasteiger partial charge in [0, 0.05) is 0 Å². The summed E-state index contributed by atoms with van der Waals surface area (Å²) in [6.45, 7) is 2.18. The molecule has 2 aromatic rings. The second kappa shape index (κ2) is 7.75. The predicted molar refractivity (Wildman–Crippen MR) is 108 cm³/mol. The van der Waals surface area contributed by atoms with Crippen LogP contribution in [0.2, 0.25) is 5.02 Å². The van der Waals surface area contributed by atoms with E-state index in [1.54, 1.807) is 5.56 Å². The van der Waals surface area contributed by atoms with Gasteiger partial charge in [0.25, 0.3) is 0 Å². The number of fused-ring (bicyclic) bond motifs is 3. The van der Waals surface area contributed by atoms with Crippen LogP contribution in [0.4, 0.5) is 8.78 Å². The van der Waals surface area contributed by atoms with Crippen LogP contribution in [0.15, 0.2) is 36.4 Å². The van der Waals surface area contributed by atoms with Gasteiger partial charge < -0.3 is 0 Å². The SMILES string of the molecule is CC/C=C/C1CCc2c(ccc3c2CCC(c2cc(F)c(Cl)c(F)c2)C3)C1. The lowest BCUT2D eigenvalue weighted by molar-refractivity contribution is 0.528. The van der Waals surface area contributed by atoms with Crippen LogP contribution in [-0.4, -0.2) is 0 Å². The Morgan fingerprint density at radius 2 is 1.63 bits per heavy atom. The van der Waals surface area contributed by atoms with Crippen molar-refractivity contribution in [3.63, 3.8) is 0 Å². The Morgan fingerprint density at radius 3 is 2.30 bits per heavy atom. The molecule has 0 N–H and O–H groups in total. The molecule has 0 saturated carbocycles. The Hall–Kier alpha value is -1.67. The molecule has 2 aliphatic rings. The first-order valence-corrected chi connectivity index (χ1v) is 10.4. The number of rotatable bonds is 3. The molecule has 0 fully saturated rings. The largest absolute Gasteiger partial charge is 0.205 e. The van der Waals surface area contributed by atoms with Crippen molar-refractivity contribution in [2.75, 3.05) is 0 Å². The molecule has 27 heavy (non-hydrogen) atoms. The Balaban J connectivity index is 1.58. The highest BCUT2D eigenvalue weighted by Gasteiger charge is 2.27. The maximum Gasteiger partial charge on any atom is 0.145 e. The van der Waals surface area contributed by atoms with Crippen LogP contribution in [0.25, 0.3) is 0 Å². The molecule has 0 amide bonds. The molecule has 0 radical (unpaired) electrons. The molecule has 2 atom stereocenters. The Bertz CT molecular complexity index is 861. The van der Waals surface area contributed by atoms with E-state index in [1.165, 1.54) is 35.2 Å². The van der Waals surface area contributed by atoms with E-state index in [-0.39, 0.29) is 5.92 Å². The first kappa shape index (κ1) is 18.7.